The predicted octanol–water partition coefficient (Wildman–Crippen LogP) is 2.23. The van der Waals surface area contributed by atoms with Gasteiger partial charge in [-0.25, -0.2) is 4.79 Å². The lowest BCUT2D eigenvalue weighted by molar-refractivity contribution is -0.142. The maximum atomic E-state index is 12.3. The molecule has 0 spiro atoms. The van der Waals surface area contributed by atoms with Crippen LogP contribution in [0.25, 0.3) is 0 Å². The van der Waals surface area contributed by atoms with Crippen LogP contribution in [0.2, 0.25) is 0 Å². The molecule has 0 unspecified atom stereocenters. The average Bonchev–Trinajstić information content (AvgIpc) is 3.09. The Morgan fingerprint density at radius 3 is 2.62 bits per heavy atom. The highest BCUT2D eigenvalue weighted by Crippen LogP contribution is 2.21. The lowest BCUT2D eigenvalue weighted by Gasteiger charge is -2.17. The molecule has 0 aliphatic carbocycles. The molecule has 0 fully saturated rings. The van der Waals surface area contributed by atoms with Crippen LogP contribution >= 0.6 is 0 Å². The molecule has 5 heteroatoms. The smallest absolute Gasteiger partial charge is 0.328 e. The Bertz CT molecular complexity index is 742. The lowest BCUT2D eigenvalue weighted by atomic mass is 10.0. The van der Waals surface area contributed by atoms with Crippen molar-refractivity contribution in [3.63, 3.8) is 0 Å². The maximum Gasteiger partial charge on any atom is 0.328 e. The van der Waals surface area contributed by atoms with Crippen molar-refractivity contribution >= 4 is 11.9 Å². The van der Waals surface area contributed by atoms with E-state index in [1.807, 2.05) is 24.3 Å². The van der Waals surface area contributed by atoms with Gasteiger partial charge >= 0.3 is 5.97 Å². The Labute approximate surface area is 140 Å². The van der Waals surface area contributed by atoms with Crippen LogP contribution in [0.3, 0.4) is 0 Å². The first kappa shape index (κ1) is 16.2. The molecule has 2 aromatic carbocycles. The normalized spacial score (nSPS) is 13.9. The fourth-order valence-corrected chi connectivity index (χ4v) is 2.75. The van der Waals surface area contributed by atoms with Gasteiger partial charge in [-0.3, -0.25) is 4.79 Å². The fourth-order valence-electron chi connectivity index (χ4n) is 2.75. The van der Waals surface area contributed by atoms with E-state index in [1.165, 1.54) is 12.7 Å². The summed E-state index contributed by atoms with van der Waals surface area (Å²) in [5, 5.41) is 2.76. The van der Waals surface area contributed by atoms with Crippen LogP contribution in [0.15, 0.2) is 48.5 Å². The van der Waals surface area contributed by atoms with Crippen molar-refractivity contribution in [2.24, 2.45) is 0 Å². The summed E-state index contributed by atoms with van der Waals surface area (Å²) in [6.07, 6.45) is 0.374. The molecule has 3 rings (SSSR count). The van der Waals surface area contributed by atoms with Crippen LogP contribution in [0.1, 0.15) is 27.0 Å². The second-order valence-electron chi connectivity index (χ2n) is 5.72. The average molecular weight is 325 g/mol. The number of hydrogen-bond donors (Lipinski definition) is 1. The van der Waals surface area contributed by atoms with Gasteiger partial charge in [-0.15, -0.1) is 0 Å². The van der Waals surface area contributed by atoms with Crippen molar-refractivity contribution in [2.75, 3.05) is 7.11 Å². The van der Waals surface area contributed by atoms with Gasteiger partial charge in [0, 0.05) is 12.0 Å². The Kier molecular flexibility index (Phi) is 4.91. The molecule has 0 radical (unpaired) electrons. The van der Waals surface area contributed by atoms with Gasteiger partial charge in [-0.2, -0.15) is 0 Å². The zero-order valence-electron chi connectivity index (χ0n) is 13.5. The topological polar surface area (TPSA) is 64.6 Å². The van der Waals surface area contributed by atoms with Gasteiger partial charge in [0.1, 0.15) is 6.04 Å². The van der Waals surface area contributed by atoms with E-state index < -0.39 is 12.0 Å². The Hall–Kier alpha value is -2.66. The number of benzene rings is 2. The highest BCUT2D eigenvalue weighted by atomic mass is 16.5. The summed E-state index contributed by atoms with van der Waals surface area (Å²) in [5.41, 5.74) is 3.77. The molecule has 1 amide bonds. The van der Waals surface area contributed by atoms with Crippen molar-refractivity contribution in [2.45, 2.75) is 25.7 Å². The van der Waals surface area contributed by atoms with Crippen molar-refractivity contribution in [1.82, 2.24) is 5.32 Å². The van der Waals surface area contributed by atoms with E-state index in [2.05, 4.69) is 5.32 Å². The third kappa shape index (κ3) is 3.63. The Balaban J connectivity index is 1.74. The van der Waals surface area contributed by atoms with E-state index in [9.17, 15) is 9.59 Å². The zero-order chi connectivity index (χ0) is 16.9. The standard InChI is InChI=1S/C19H19NO4/c1-23-19(22)17(20-18(21)14-5-3-2-4-6-14)10-13-7-8-15-11-24-12-16(15)9-13/h2-9,17H,10-12H2,1H3,(H,20,21)/t17-/m1/s1. The molecule has 24 heavy (non-hydrogen) atoms. The van der Waals surface area contributed by atoms with Crippen LogP contribution < -0.4 is 5.32 Å². The van der Waals surface area contributed by atoms with Gasteiger partial charge in [-0.05, 0) is 28.8 Å². The van der Waals surface area contributed by atoms with Gasteiger partial charge in [0.05, 0.1) is 20.3 Å². The van der Waals surface area contributed by atoms with Crippen LogP contribution in [-0.2, 0) is 33.9 Å². The van der Waals surface area contributed by atoms with Gasteiger partial charge in [-0.1, -0.05) is 36.4 Å². The van der Waals surface area contributed by atoms with Gasteiger partial charge in [0.25, 0.3) is 5.91 Å². The summed E-state index contributed by atoms with van der Waals surface area (Å²) in [6, 6.07) is 14.1. The number of ether oxygens (including phenoxy) is 2. The third-order valence-electron chi connectivity index (χ3n) is 4.05. The Morgan fingerprint density at radius 2 is 1.88 bits per heavy atom. The molecule has 124 valence electrons. The first-order valence-corrected chi connectivity index (χ1v) is 7.79. The zero-order valence-corrected chi connectivity index (χ0v) is 13.5. The number of nitrogens with one attached hydrogen (secondary N) is 1. The molecule has 5 nitrogen and oxygen atoms in total. The van der Waals surface area contributed by atoms with Gasteiger partial charge in [0.2, 0.25) is 0 Å². The molecular formula is C19H19NO4. The van der Waals surface area contributed by atoms with E-state index >= 15 is 0 Å². The summed E-state index contributed by atoms with van der Waals surface area (Å²) < 4.78 is 10.2. The van der Waals surface area contributed by atoms with Crippen LogP contribution in [0, 0.1) is 0 Å². The van der Waals surface area contributed by atoms with E-state index in [1.54, 1.807) is 24.3 Å². The minimum absolute atomic E-state index is 0.296. The number of fused-ring (bicyclic) bond motifs is 1. The number of amides is 1. The summed E-state index contributed by atoms with van der Waals surface area (Å²) in [6.45, 7) is 1.21. The van der Waals surface area contributed by atoms with Crippen LogP contribution in [-0.4, -0.2) is 25.0 Å². The second kappa shape index (κ2) is 7.27. The summed E-state index contributed by atoms with van der Waals surface area (Å²) >= 11 is 0. The van der Waals surface area contributed by atoms with Crippen molar-refractivity contribution in [1.29, 1.82) is 0 Å². The fraction of sp³-hybridized carbons (Fsp3) is 0.263. The largest absolute Gasteiger partial charge is 0.467 e. The van der Waals surface area contributed by atoms with E-state index in [0.29, 0.717) is 25.2 Å². The second-order valence-corrected chi connectivity index (χ2v) is 5.72. The first-order chi connectivity index (χ1) is 11.7. The number of esters is 1. The molecule has 0 saturated carbocycles. The molecule has 1 aliphatic heterocycles. The van der Waals surface area contributed by atoms with Gasteiger partial charge < -0.3 is 14.8 Å². The number of methoxy groups -OCH3 is 1. The lowest BCUT2D eigenvalue weighted by Crippen LogP contribution is -2.43. The van der Waals surface area contributed by atoms with Crippen molar-refractivity contribution in [3.05, 3.63) is 70.8 Å². The summed E-state index contributed by atoms with van der Waals surface area (Å²) in [7, 11) is 1.32. The molecule has 1 atom stereocenters. The molecular weight excluding hydrogens is 306 g/mol. The quantitative estimate of drug-likeness (QED) is 0.856. The van der Waals surface area contributed by atoms with Gasteiger partial charge in [0.15, 0.2) is 0 Å². The number of carbonyl (C=O) groups excluding carboxylic acids is 2. The highest BCUT2D eigenvalue weighted by molar-refractivity contribution is 5.96. The van der Waals surface area contributed by atoms with E-state index in [4.69, 9.17) is 9.47 Å². The number of rotatable bonds is 5. The molecule has 1 aliphatic rings. The minimum atomic E-state index is -0.733. The molecule has 0 saturated heterocycles. The Morgan fingerprint density at radius 1 is 1.12 bits per heavy atom. The maximum absolute atomic E-state index is 12.3. The molecule has 1 N–H and O–H groups in total. The summed E-state index contributed by atoms with van der Waals surface area (Å²) in [5.74, 6) is -0.758. The SMILES string of the molecule is COC(=O)[C@@H](Cc1ccc2c(c1)COC2)NC(=O)c1ccccc1. The third-order valence-corrected chi connectivity index (χ3v) is 4.05. The minimum Gasteiger partial charge on any atom is -0.467 e. The first-order valence-electron chi connectivity index (χ1n) is 7.79. The van der Waals surface area contributed by atoms with Crippen LogP contribution in [0.5, 0.6) is 0 Å². The molecule has 2 aromatic rings. The molecule has 1 heterocycles. The highest BCUT2D eigenvalue weighted by Gasteiger charge is 2.23. The van der Waals surface area contributed by atoms with E-state index in [0.717, 1.165) is 11.1 Å². The monoisotopic (exact) mass is 325 g/mol. The predicted molar refractivity (Wildman–Crippen MR) is 88.4 cm³/mol. The van der Waals surface area contributed by atoms with Crippen molar-refractivity contribution in [3.8, 4) is 0 Å². The summed E-state index contributed by atoms with van der Waals surface area (Å²) in [4.78, 5) is 24.4. The molecule has 0 aromatic heterocycles. The van der Waals surface area contributed by atoms with Crippen molar-refractivity contribution < 1.29 is 19.1 Å². The van der Waals surface area contributed by atoms with Crippen LogP contribution in [0.4, 0.5) is 0 Å². The molecule has 0 bridgehead atoms. The number of hydrogen-bond acceptors (Lipinski definition) is 4. The number of carbonyl (C=O) groups is 2. The van der Waals surface area contributed by atoms with E-state index in [-0.39, 0.29) is 5.91 Å².